The Morgan fingerprint density at radius 3 is 2.94 bits per heavy atom. The van der Waals surface area contributed by atoms with E-state index in [0.29, 0.717) is 13.1 Å². The fourth-order valence-electron chi connectivity index (χ4n) is 1.41. The summed E-state index contributed by atoms with van der Waals surface area (Å²) in [4.78, 5) is 18.8. The smallest absolute Gasteiger partial charge is 0.291 e. The number of H-pyrrole nitrogens is 1. The number of nitrogens with one attached hydrogen (secondary N) is 1. The lowest BCUT2D eigenvalue weighted by atomic mass is 10.4. The van der Waals surface area contributed by atoms with Crippen LogP contribution in [0, 0.1) is 0 Å². The van der Waals surface area contributed by atoms with E-state index in [4.69, 9.17) is 0 Å². The van der Waals surface area contributed by atoms with Crippen molar-refractivity contribution in [1.29, 1.82) is 0 Å². The van der Waals surface area contributed by atoms with Gasteiger partial charge in [-0.2, -0.15) is 5.10 Å². The van der Waals surface area contributed by atoms with Crippen LogP contribution >= 0.6 is 27.3 Å². The third-order valence-electron chi connectivity index (χ3n) is 2.26. The van der Waals surface area contributed by atoms with Crippen LogP contribution in [0.25, 0.3) is 0 Å². The monoisotopic (exact) mass is 314 g/mol. The van der Waals surface area contributed by atoms with E-state index < -0.39 is 0 Å². The van der Waals surface area contributed by atoms with Gasteiger partial charge in [-0.05, 0) is 35.0 Å². The van der Waals surface area contributed by atoms with Gasteiger partial charge < -0.3 is 4.90 Å². The summed E-state index contributed by atoms with van der Waals surface area (Å²) in [5.74, 6) is 0.150. The van der Waals surface area contributed by atoms with Crippen molar-refractivity contribution in [2.24, 2.45) is 0 Å². The summed E-state index contributed by atoms with van der Waals surface area (Å²) in [6.45, 7) is 3.16. The molecular weight excluding hydrogens is 304 g/mol. The van der Waals surface area contributed by atoms with Crippen LogP contribution in [0.4, 0.5) is 0 Å². The summed E-state index contributed by atoms with van der Waals surface area (Å²) in [6, 6.07) is 3.98. The second-order valence-electron chi connectivity index (χ2n) is 3.36. The number of amides is 1. The number of aromatic amines is 1. The van der Waals surface area contributed by atoms with Crippen LogP contribution < -0.4 is 0 Å². The summed E-state index contributed by atoms with van der Waals surface area (Å²) in [7, 11) is 0. The highest BCUT2D eigenvalue weighted by Crippen LogP contribution is 2.23. The van der Waals surface area contributed by atoms with Gasteiger partial charge in [-0.15, -0.1) is 11.3 Å². The Bertz CT molecular complexity index is 496. The Balaban J connectivity index is 2.09. The van der Waals surface area contributed by atoms with Gasteiger partial charge in [0, 0.05) is 11.4 Å². The van der Waals surface area contributed by atoms with Crippen LogP contribution in [0.2, 0.25) is 0 Å². The molecule has 0 aromatic carbocycles. The average Bonchev–Trinajstić information content (AvgIpc) is 2.96. The number of carbonyl (C=O) groups excluding carboxylic acids is 1. The number of hydrogen-bond acceptors (Lipinski definition) is 4. The van der Waals surface area contributed by atoms with Crippen molar-refractivity contribution in [2.75, 3.05) is 6.54 Å². The maximum absolute atomic E-state index is 12.0. The molecule has 0 bridgehead atoms. The minimum atomic E-state index is -0.130. The van der Waals surface area contributed by atoms with Crippen LogP contribution in [0.15, 0.2) is 22.2 Å². The lowest BCUT2D eigenvalue weighted by Gasteiger charge is -2.18. The maximum atomic E-state index is 12.0. The zero-order chi connectivity index (χ0) is 12.3. The minimum absolute atomic E-state index is 0.130. The topological polar surface area (TPSA) is 61.9 Å². The molecule has 0 aliphatic heterocycles. The highest BCUT2D eigenvalue weighted by molar-refractivity contribution is 9.11. The lowest BCUT2D eigenvalue weighted by molar-refractivity contribution is 0.0742. The van der Waals surface area contributed by atoms with Crippen molar-refractivity contribution in [3.05, 3.63) is 32.9 Å². The first-order chi connectivity index (χ1) is 8.20. The number of carbonyl (C=O) groups is 1. The second-order valence-corrected chi connectivity index (χ2v) is 5.91. The Hall–Kier alpha value is -1.21. The van der Waals surface area contributed by atoms with Crippen molar-refractivity contribution < 1.29 is 4.79 Å². The molecule has 0 aliphatic carbocycles. The Kier molecular flexibility index (Phi) is 3.90. The molecule has 5 nitrogen and oxygen atoms in total. The molecule has 0 radical (unpaired) electrons. The van der Waals surface area contributed by atoms with Crippen LogP contribution in [0.5, 0.6) is 0 Å². The van der Waals surface area contributed by atoms with Gasteiger partial charge in [0.25, 0.3) is 5.91 Å². The molecule has 1 amide bonds. The van der Waals surface area contributed by atoms with Crippen molar-refractivity contribution >= 4 is 33.2 Å². The van der Waals surface area contributed by atoms with Crippen LogP contribution in [0.1, 0.15) is 22.4 Å². The number of aromatic nitrogens is 3. The van der Waals surface area contributed by atoms with Gasteiger partial charge in [-0.1, -0.05) is 0 Å². The summed E-state index contributed by atoms with van der Waals surface area (Å²) in [5, 5.41) is 6.27. The molecule has 0 atom stereocenters. The lowest BCUT2D eigenvalue weighted by Crippen LogP contribution is -2.30. The number of nitrogens with zero attached hydrogens (tertiary/aromatic N) is 3. The number of thiophene rings is 1. The van der Waals surface area contributed by atoms with E-state index in [2.05, 4.69) is 31.1 Å². The molecule has 0 saturated heterocycles. The first-order valence-electron chi connectivity index (χ1n) is 5.09. The van der Waals surface area contributed by atoms with E-state index in [0.717, 1.165) is 8.66 Å². The largest absolute Gasteiger partial charge is 0.331 e. The van der Waals surface area contributed by atoms with Gasteiger partial charge in [0.1, 0.15) is 6.33 Å². The Morgan fingerprint density at radius 2 is 2.41 bits per heavy atom. The van der Waals surface area contributed by atoms with Gasteiger partial charge in [0.2, 0.25) is 5.82 Å². The molecule has 0 aliphatic rings. The van der Waals surface area contributed by atoms with Crippen molar-refractivity contribution in [3.8, 4) is 0 Å². The molecule has 1 N–H and O–H groups in total. The van der Waals surface area contributed by atoms with E-state index in [1.165, 1.54) is 6.33 Å². The summed E-state index contributed by atoms with van der Waals surface area (Å²) in [6.07, 6.45) is 1.34. The van der Waals surface area contributed by atoms with Gasteiger partial charge in [-0.25, -0.2) is 4.98 Å². The van der Waals surface area contributed by atoms with Crippen LogP contribution in [-0.4, -0.2) is 32.5 Å². The standard InChI is InChI=1S/C10H11BrN4OS/c1-2-15(5-7-3-4-8(11)17-7)10(16)9-12-6-13-14-9/h3-4,6H,2,5H2,1H3,(H,12,13,14). The van der Waals surface area contributed by atoms with E-state index in [9.17, 15) is 4.79 Å². The molecule has 7 heteroatoms. The minimum Gasteiger partial charge on any atom is -0.331 e. The Morgan fingerprint density at radius 1 is 1.59 bits per heavy atom. The number of rotatable bonds is 4. The SMILES string of the molecule is CCN(Cc1ccc(Br)s1)C(=O)c1ncn[nH]1. The van der Waals surface area contributed by atoms with Crippen LogP contribution in [-0.2, 0) is 6.54 Å². The normalized spacial score (nSPS) is 10.5. The summed E-state index contributed by atoms with van der Waals surface area (Å²) in [5.41, 5.74) is 0. The van der Waals surface area contributed by atoms with Crippen molar-refractivity contribution in [1.82, 2.24) is 20.1 Å². The molecule has 2 rings (SSSR count). The fraction of sp³-hybridized carbons (Fsp3) is 0.300. The predicted molar refractivity (Wildman–Crippen MR) is 68.8 cm³/mol. The Labute approximate surface area is 111 Å². The zero-order valence-electron chi connectivity index (χ0n) is 9.18. The second kappa shape index (κ2) is 5.42. The third kappa shape index (κ3) is 2.92. The maximum Gasteiger partial charge on any atom is 0.291 e. The molecule has 2 heterocycles. The fourth-order valence-corrected chi connectivity index (χ4v) is 2.91. The highest BCUT2D eigenvalue weighted by atomic mass is 79.9. The van der Waals surface area contributed by atoms with Gasteiger partial charge in [0.05, 0.1) is 10.3 Å². The first-order valence-corrected chi connectivity index (χ1v) is 6.70. The van der Waals surface area contributed by atoms with Crippen LogP contribution in [0.3, 0.4) is 0 Å². The van der Waals surface area contributed by atoms with E-state index in [-0.39, 0.29) is 11.7 Å². The molecule has 2 aromatic heterocycles. The highest BCUT2D eigenvalue weighted by Gasteiger charge is 2.17. The molecule has 0 saturated carbocycles. The summed E-state index contributed by atoms with van der Waals surface area (Å²) < 4.78 is 1.07. The molecule has 17 heavy (non-hydrogen) atoms. The van der Waals surface area contributed by atoms with E-state index >= 15 is 0 Å². The van der Waals surface area contributed by atoms with E-state index in [1.54, 1.807) is 16.2 Å². The van der Waals surface area contributed by atoms with E-state index in [1.807, 2.05) is 19.1 Å². The number of hydrogen-bond donors (Lipinski definition) is 1. The van der Waals surface area contributed by atoms with Gasteiger partial charge in [-0.3, -0.25) is 9.89 Å². The van der Waals surface area contributed by atoms with Gasteiger partial charge >= 0.3 is 0 Å². The van der Waals surface area contributed by atoms with Crippen molar-refractivity contribution in [3.63, 3.8) is 0 Å². The first kappa shape index (κ1) is 12.3. The number of halogens is 1. The summed E-state index contributed by atoms with van der Waals surface area (Å²) >= 11 is 5.03. The molecule has 2 aromatic rings. The van der Waals surface area contributed by atoms with Crippen molar-refractivity contribution in [2.45, 2.75) is 13.5 Å². The zero-order valence-corrected chi connectivity index (χ0v) is 11.6. The predicted octanol–water partition coefficient (Wildman–Crippen LogP) is 2.29. The quantitative estimate of drug-likeness (QED) is 0.941. The average molecular weight is 315 g/mol. The molecular formula is C10H11BrN4OS. The van der Waals surface area contributed by atoms with Gasteiger partial charge in [0.15, 0.2) is 0 Å². The molecule has 90 valence electrons. The molecule has 0 spiro atoms. The molecule has 0 fully saturated rings. The third-order valence-corrected chi connectivity index (χ3v) is 3.87. The molecule has 0 unspecified atom stereocenters.